The maximum atomic E-state index is 5.50. The van der Waals surface area contributed by atoms with E-state index in [0.29, 0.717) is 6.04 Å². The highest BCUT2D eigenvalue weighted by atomic mass is 15.2. The highest BCUT2D eigenvalue weighted by Crippen LogP contribution is 1.98. The highest BCUT2D eigenvalue weighted by Gasteiger charge is 2.10. The standard InChI is InChI=1S/C8H21N3/c1-10(2)7-8(5-6-9)11(3)4/h8H,5-7,9H2,1-4H3. The molecule has 0 amide bonds. The minimum atomic E-state index is 0.593. The summed E-state index contributed by atoms with van der Waals surface area (Å²) in [6.07, 6.45) is 1.07. The van der Waals surface area contributed by atoms with E-state index >= 15 is 0 Å². The zero-order valence-corrected chi connectivity index (χ0v) is 8.17. The average Bonchev–Trinajstić information content (AvgIpc) is 1.86. The van der Waals surface area contributed by atoms with E-state index < -0.39 is 0 Å². The summed E-state index contributed by atoms with van der Waals surface area (Å²) in [5.41, 5.74) is 5.50. The molecule has 3 heteroatoms. The summed E-state index contributed by atoms with van der Waals surface area (Å²) in [7, 11) is 8.38. The van der Waals surface area contributed by atoms with Crippen molar-refractivity contribution in [1.29, 1.82) is 0 Å². The zero-order chi connectivity index (χ0) is 8.85. The molecule has 0 aromatic heterocycles. The Kier molecular flexibility index (Phi) is 5.46. The Bertz CT molecular complexity index is 91.3. The van der Waals surface area contributed by atoms with Gasteiger partial charge in [-0.05, 0) is 41.2 Å². The Morgan fingerprint density at radius 3 is 2.00 bits per heavy atom. The van der Waals surface area contributed by atoms with Crippen LogP contribution in [-0.2, 0) is 0 Å². The second-order valence-electron chi connectivity index (χ2n) is 3.46. The van der Waals surface area contributed by atoms with Crippen LogP contribution in [0.25, 0.3) is 0 Å². The third-order valence-electron chi connectivity index (χ3n) is 1.81. The number of likely N-dealkylation sites (N-methyl/N-ethyl adjacent to an activating group) is 2. The Hall–Kier alpha value is -0.120. The second-order valence-corrected chi connectivity index (χ2v) is 3.46. The molecule has 2 N–H and O–H groups in total. The van der Waals surface area contributed by atoms with Gasteiger partial charge in [-0.3, -0.25) is 0 Å². The molecule has 0 saturated carbocycles. The molecule has 0 aromatic carbocycles. The van der Waals surface area contributed by atoms with Crippen LogP contribution < -0.4 is 5.73 Å². The van der Waals surface area contributed by atoms with Crippen molar-refractivity contribution in [2.45, 2.75) is 12.5 Å². The fraction of sp³-hybridized carbons (Fsp3) is 1.00. The fourth-order valence-corrected chi connectivity index (χ4v) is 1.13. The van der Waals surface area contributed by atoms with Crippen LogP contribution >= 0.6 is 0 Å². The van der Waals surface area contributed by atoms with Gasteiger partial charge in [-0.2, -0.15) is 0 Å². The third-order valence-corrected chi connectivity index (χ3v) is 1.81. The molecule has 3 nitrogen and oxygen atoms in total. The SMILES string of the molecule is CN(C)CC(CCN)N(C)C. The largest absolute Gasteiger partial charge is 0.330 e. The van der Waals surface area contributed by atoms with Crippen LogP contribution in [-0.4, -0.2) is 57.1 Å². The van der Waals surface area contributed by atoms with Gasteiger partial charge in [0.05, 0.1) is 0 Å². The van der Waals surface area contributed by atoms with Gasteiger partial charge in [-0.25, -0.2) is 0 Å². The molecule has 0 aliphatic heterocycles. The monoisotopic (exact) mass is 159 g/mol. The molecule has 11 heavy (non-hydrogen) atoms. The van der Waals surface area contributed by atoms with Crippen LogP contribution in [0.3, 0.4) is 0 Å². The van der Waals surface area contributed by atoms with E-state index in [2.05, 4.69) is 38.0 Å². The molecular formula is C8H21N3. The molecule has 1 atom stereocenters. The lowest BCUT2D eigenvalue weighted by molar-refractivity contribution is 0.220. The molecule has 0 aliphatic rings. The van der Waals surface area contributed by atoms with E-state index in [1.807, 2.05) is 0 Å². The molecule has 0 bridgehead atoms. The minimum absolute atomic E-state index is 0.593. The van der Waals surface area contributed by atoms with Crippen molar-refractivity contribution in [3.8, 4) is 0 Å². The molecule has 0 heterocycles. The van der Waals surface area contributed by atoms with E-state index in [1.54, 1.807) is 0 Å². The minimum Gasteiger partial charge on any atom is -0.330 e. The van der Waals surface area contributed by atoms with Gasteiger partial charge >= 0.3 is 0 Å². The summed E-state index contributed by atoms with van der Waals surface area (Å²) in [6.45, 7) is 1.86. The highest BCUT2D eigenvalue weighted by molar-refractivity contribution is 4.68. The van der Waals surface area contributed by atoms with E-state index in [0.717, 1.165) is 19.5 Å². The lowest BCUT2D eigenvalue weighted by Crippen LogP contribution is -2.38. The predicted molar refractivity (Wildman–Crippen MR) is 49.7 cm³/mol. The molecule has 1 unspecified atom stereocenters. The van der Waals surface area contributed by atoms with E-state index in [9.17, 15) is 0 Å². The van der Waals surface area contributed by atoms with Gasteiger partial charge in [0.2, 0.25) is 0 Å². The molecule has 68 valence electrons. The smallest absolute Gasteiger partial charge is 0.0228 e. The first kappa shape index (κ1) is 10.9. The second kappa shape index (κ2) is 5.52. The van der Waals surface area contributed by atoms with Crippen molar-refractivity contribution in [3.05, 3.63) is 0 Å². The number of rotatable bonds is 5. The first-order valence-corrected chi connectivity index (χ1v) is 4.09. The number of hydrogen-bond donors (Lipinski definition) is 1. The van der Waals surface area contributed by atoms with Gasteiger partial charge in [-0.1, -0.05) is 0 Å². The van der Waals surface area contributed by atoms with Crippen molar-refractivity contribution < 1.29 is 0 Å². The number of nitrogens with zero attached hydrogens (tertiary/aromatic N) is 2. The van der Waals surface area contributed by atoms with E-state index in [1.165, 1.54) is 0 Å². The first-order valence-electron chi connectivity index (χ1n) is 4.09. The lowest BCUT2D eigenvalue weighted by atomic mass is 10.2. The van der Waals surface area contributed by atoms with Crippen LogP contribution in [0, 0.1) is 0 Å². The Morgan fingerprint density at radius 2 is 1.73 bits per heavy atom. The van der Waals surface area contributed by atoms with E-state index in [4.69, 9.17) is 5.73 Å². The van der Waals surface area contributed by atoms with Crippen LogP contribution in [0.15, 0.2) is 0 Å². The summed E-state index contributed by atoms with van der Waals surface area (Å²) in [4.78, 5) is 4.42. The molecule has 0 radical (unpaired) electrons. The summed E-state index contributed by atoms with van der Waals surface area (Å²) >= 11 is 0. The molecule has 0 rings (SSSR count). The quantitative estimate of drug-likeness (QED) is 0.604. The van der Waals surface area contributed by atoms with Gasteiger partial charge in [0.25, 0.3) is 0 Å². The third kappa shape index (κ3) is 5.18. The van der Waals surface area contributed by atoms with Gasteiger partial charge in [0.1, 0.15) is 0 Å². The molecule has 0 spiro atoms. The van der Waals surface area contributed by atoms with Crippen LogP contribution in [0.1, 0.15) is 6.42 Å². The Balaban J connectivity index is 3.69. The molecule has 0 aliphatic carbocycles. The topological polar surface area (TPSA) is 32.5 Å². The van der Waals surface area contributed by atoms with Gasteiger partial charge in [-0.15, -0.1) is 0 Å². The van der Waals surface area contributed by atoms with Crippen molar-refractivity contribution in [2.24, 2.45) is 5.73 Å². The number of hydrogen-bond acceptors (Lipinski definition) is 3. The predicted octanol–water partition coefficient (Wildman–Crippen LogP) is -0.173. The normalized spacial score (nSPS) is 14.5. The van der Waals surface area contributed by atoms with Gasteiger partial charge in [0.15, 0.2) is 0 Å². The summed E-state index contributed by atoms with van der Waals surface area (Å²) in [6, 6.07) is 0.593. The molecular weight excluding hydrogens is 138 g/mol. The zero-order valence-electron chi connectivity index (χ0n) is 8.17. The van der Waals surface area contributed by atoms with Crippen molar-refractivity contribution >= 4 is 0 Å². The van der Waals surface area contributed by atoms with Crippen LogP contribution in [0.4, 0.5) is 0 Å². The van der Waals surface area contributed by atoms with Crippen LogP contribution in [0.5, 0.6) is 0 Å². The van der Waals surface area contributed by atoms with Gasteiger partial charge < -0.3 is 15.5 Å². The molecule has 0 fully saturated rings. The number of nitrogens with two attached hydrogens (primary N) is 1. The maximum Gasteiger partial charge on any atom is 0.0228 e. The summed E-state index contributed by atoms with van der Waals surface area (Å²) < 4.78 is 0. The van der Waals surface area contributed by atoms with Crippen molar-refractivity contribution in [1.82, 2.24) is 9.80 Å². The summed E-state index contributed by atoms with van der Waals surface area (Å²) in [5, 5.41) is 0. The molecule has 0 saturated heterocycles. The van der Waals surface area contributed by atoms with Crippen molar-refractivity contribution in [3.63, 3.8) is 0 Å². The lowest BCUT2D eigenvalue weighted by Gasteiger charge is -2.26. The van der Waals surface area contributed by atoms with Gasteiger partial charge in [0, 0.05) is 12.6 Å². The fourth-order valence-electron chi connectivity index (χ4n) is 1.13. The average molecular weight is 159 g/mol. The summed E-state index contributed by atoms with van der Waals surface area (Å²) in [5.74, 6) is 0. The maximum absolute atomic E-state index is 5.50. The Morgan fingerprint density at radius 1 is 1.18 bits per heavy atom. The molecule has 0 aromatic rings. The van der Waals surface area contributed by atoms with E-state index in [-0.39, 0.29) is 0 Å². The van der Waals surface area contributed by atoms with Crippen molar-refractivity contribution in [2.75, 3.05) is 41.3 Å². The Labute approximate surface area is 70.2 Å². The van der Waals surface area contributed by atoms with Crippen LogP contribution in [0.2, 0.25) is 0 Å². The first-order chi connectivity index (χ1) is 5.07.